The van der Waals surface area contributed by atoms with Crippen LogP contribution in [0.2, 0.25) is 0 Å². The monoisotopic (exact) mass is 298 g/mol. The normalized spacial score (nSPS) is 11.9. The van der Waals surface area contributed by atoms with Gasteiger partial charge >= 0.3 is 0 Å². The molecule has 1 rings (SSSR count). The van der Waals surface area contributed by atoms with Crippen LogP contribution in [0.15, 0.2) is 24.3 Å². The highest BCUT2D eigenvalue weighted by atomic mass is 79.9. The van der Waals surface area contributed by atoms with Crippen molar-refractivity contribution < 1.29 is 9.59 Å². The first-order chi connectivity index (χ1) is 7.91. The van der Waals surface area contributed by atoms with Crippen LogP contribution in [0.25, 0.3) is 0 Å². The zero-order valence-electron chi connectivity index (χ0n) is 9.81. The summed E-state index contributed by atoms with van der Waals surface area (Å²) in [5.74, 6) is -0.431. The average molecular weight is 299 g/mol. The lowest BCUT2D eigenvalue weighted by Crippen LogP contribution is -2.31. The number of benzene rings is 1. The molecule has 2 N–H and O–H groups in total. The molecule has 0 radical (unpaired) electrons. The summed E-state index contributed by atoms with van der Waals surface area (Å²) in [6.07, 6.45) is 0. The summed E-state index contributed by atoms with van der Waals surface area (Å²) in [5, 5.41) is 0. The molecule has 0 spiro atoms. The van der Waals surface area contributed by atoms with Crippen LogP contribution in [-0.4, -0.2) is 28.6 Å². The van der Waals surface area contributed by atoms with Gasteiger partial charge in [-0.15, -0.1) is 0 Å². The zero-order valence-corrected chi connectivity index (χ0v) is 11.4. The molecule has 0 saturated heterocycles. The molecular weight excluding hydrogens is 284 g/mol. The van der Waals surface area contributed by atoms with E-state index < -0.39 is 5.91 Å². The van der Waals surface area contributed by atoms with Crippen LogP contribution in [0.3, 0.4) is 0 Å². The van der Waals surface area contributed by atoms with E-state index in [-0.39, 0.29) is 10.7 Å². The molecule has 0 bridgehead atoms. The number of halogens is 1. The maximum Gasteiger partial charge on any atom is 0.248 e. The van der Waals surface area contributed by atoms with Crippen molar-refractivity contribution in [2.75, 3.05) is 7.05 Å². The highest BCUT2D eigenvalue weighted by molar-refractivity contribution is 9.10. The van der Waals surface area contributed by atoms with Crippen LogP contribution in [0.4, 0.5) is 0 Å². The van der Waals surface area contributed by atoms with Crippen molar-refractivity contribution in [3.63, 3.8) is 0 Å². The Bertz CT molecular complexity index is 415. The molecule has 17 heavy (non-hydrogen) atoms. The number of amides is 2. The van der Waals surface area contributed by atoms with Crippen molar-refractivity contribution in [2.24, 2.45) is 5.73 Å². The summed E-state index contributed by atoms with van der Waals surface area (Å²) in [6, 6.07) is 6.91. The molecule has 0 aliphatic rings. The fraction of sp³-hybridized carbons (Fsp3) is 0.333. The van der Waals surface area contributed by atoms with Crippen molar-refractivity contribution in [1.82, 2.24) is 4.90 Å². The molecule has 0 aliphatic carbocycles. The first-order valence-electron chi connectivity index (χ1n) is 5.19. The van der Waals surface area contributed by atoms with Gasteiger partial charge in [0.15, 0.2) is 0 Å². The first-order valence-corrected chi connectivity index (χ1v) is 6.11. The van der Waals surface area contributed by atoms with Crippen LogP contribution in [-0.2, 0) is 11.3 Å². The first kappa shape index (κ1) is 13.7. The molecule has 2 amide bonds. The lowest BCUT2D eigenvalue weighted by atomic mass is 10.1. The maximum absolute atomic E-state index is 11.6. The number of alkyl halides is 1. The smallest absolute Gasteiger partial charge is 0.248 e. The predicted octanol–water partition coefficient (Wildman–Crippen LogP) is 1.53. The standard InChI is InChI=1S/C12H15BrN2O2/c1-8(13)12(17)15(2)7-9-3-5-10(6-4-9)11(14)16/h3-6,8H,7H2,1-2H3,(H2,14,16). The van der Waals surface area contributed by atoms with E-state index in [9.17, 15) is 9.59 Å². The second-order valence-corrected chi connectivity index (χ2v) is 5.24. The zero-order chi connectivity index (χ0) is 13.0. The van der Waals surface area contributed by atoms with Crippen molar-refractivity contribution in [3.8, 4) is 0 Å². The Hall–Kier alpha value is -1.36. The van der Waals surface area contributed by atoms with Gasteiger partial charge in [-0.3, -0.25) is 9.59 Å². The number of nitrogens with two attached hydrogens (primary N) is 1. The van der Waals surface area contributed by atoms with Crippen molar-refractivity contribution >= 4 is 27.7 Å². The maximum atomic E-state index is 11.6. The van der Waals surface area contributed by atoms with Gasteiger partial charge in [0.25, 0.3) is 0 Å². The van der Waals surface area contributed by atoms with Gasteiger partial charge in [0.1, 0.15) is 0 Å². The minimum atomic E-state index is -0.449. The van der Waals surface area contributed by atoms with E-state index in [0.717, 1.165) is 5.56 Å². The Morgan fingerprint density at radius 1 is 1.35 bits per heavy atom. The van der Waals surface area contributed by atoms with Gasteiger partial charge in [-0.2, -0.15) is 0 Å². The minimum Gasteiger partial charge on any atom is -0.366 e. The minimum absolute atomic E-state index is 0.0176. The average Bonchev–Trinajstić information content (AvgIpc) is 2.28. The lowest BCUT2D eigenvalue weighted by molar-refractivity contribution is -0.129. The quantitative estimate of drug-likeness (QED) is 0.857. The highest BCUT2D eigenvalue weighted by Gasteiger charge is 2.14. The summed E-state index contributed by atoms with van der Waals surface area (Å²) in [6.45, 7) is 2.29. The second-order valence-electron chi connectivity index (χ2n) is 3.87. The molecule has 1 atom stereocenters. The highest BCUT2D eigenvalue weighted by Crippen LogP contribution is 2.09. The van der Waals surface area contributed by atoms with Gasteiger partial charge < -0.3 is 10.6 Å². The fourth-order valence-corrected chi connectivity index (χ4v) is 1.78. The third-order valence-corrected chi connectivity index (χ3v) is 2.77. The lowest BCUT2D eigenvalue weighted by Gasteiger charge is -2.18. The summed E-state index contributed by atoms with van der Waals surface area (Å²) < 4.78 is 0. The Morgan fingerprint density at radius 2 is 1.88 bits per heavy atom. The van der Waals surface area contributed by atoms with Crippen LogP contribution >= 0.6 is 15.9 Å². The Labute approximate surface area is 109 Å². The molecule has 92 valence electrons. The molecule has 0 aromatic heterocycles. The van der Waals surface area contributed by atoms with Gasteiger partial charge in [0.05, 0.1) is 4.83 Å². The van der Waals surface area contributed by atoms with E-state index in [2.05, 4.69) is 15.9 Å². The Balaban J connectivity index is 2.69. The van der Waals surface area contributed by atoms with Crippen LogP contribution in [0.1, 0.15) is 22.8 Å². The molecule has 4 nitrogen and oxygen atoms in total. The van der Waals surface area contributed by atoms with E-state index in [4.69, 9.17) is 5.73 Å². The molecule has 0 heterocycles. The number of carbonyl (C=O) groups excluding carboxylic acids is 2. The fourth-order valence-electron chi connectivity index (χ4n) is 1.43. The number of hydrogen-bond acceptors (Lipinski definition) is 2. The van der Waals surface area contributed by atoms with E-state index in [1.807, 2.05) is 0 Å². The number of primary amides is 1. The molecule has 1 aromatic rings. The second kappa shape index (κ2) is 5.82. The summed E-state index contributed by atoms with van der Waals surface area (Å²) >= 11 is 3.23. The van der Waals surface area contributed by atoms with Crippen LogP contribution in [0.5, 0.6) is 0 Å². The van der Waals surface area contributed by atoms with E-state index in [1.54, 1.807) is 43.1 Å². The summed E-state index contributed by atoms with van der Waals surface area (Å²) in [5.41, 5.74) is 6.57. The number of rotatable bonds is 4. The molecule has 0 saturated carbocycles. The Morgan fingerprint density at radius 3 is 2.29 bits per heavy atom. The van der Waals surface area contributed by atoms with Crippen molar-refractivity contribution in [1.29, 1.82) is 0 Å². The van der Waals surface area contributed by atoms with E-state index in [1.165, 1.54) is 0 Å². The summed E-state index contributed by atoms with van der Waals surface area (Å²) in [4.78, 5) is 23.9. The molecular formula is C12H15BrN2O2. The SMILES string of the molecule is CC(Br)C(=O)N(C)Cc1ccc(C(N)=O)cc1. The largest absolute Gasteiger partial charge is 0.366 e. The topological polar surface area (TPSA) is 63.4 Å². The van der Waals surface area contributed by atoms with Gasteiger partial charge in [0.2, 0.25) is 11.8 Å². The molecule has 1 unspecified atom stereocenters. The third-order valence-electron chi connectivity index (χ3n) is 2.37. The number of hydrogen-bond donors (Lipinski definition) is 1. The van der Waals surface area contributed by atoms with E-state index in [0.29, 0.717) is 12.1 Å². The van der Waals surface area contributed by atoms with Gasteiger partial charge in [0, 0.05) is 19.2 Å². The van der Waals surface area contributed by atoms with Crippen molar-refractivity contribution in [3.05, 3.63) is 35.4 Å². The third kappa shape index (κ3) is 3.85. The Kier molecular flexibility index (Phi) is 4.69. The molecule has 5 heteroatoms. The molecule has 0 fully saturated rings. The van der Waals surface area contributed by atoms with E-state index >= 15 is 0 Å². The van der Waals surface area contributed by atoms with Crippen molar-refractivity contribution in [2.45, 2.75) is 18.3 Å². The van der Waals surface area contributed by atoms with Gasteiger partial charge in [-0.1, -0.05) is 28.1 Å². The number of carbonyl (C=O) groups is 2. The van der Waals surface area contributed by atoms with Crippen LogP contribution in [0, 0.1) is 0 Å². The summed E-state index contributed by atoms with van der Waals surface area (Å²) in [7, 11) is 1.74. The van der Waals surface area contributed by atoms with Gasteiger partial charge in [-0.05, 0) is 24.6 Å². The predicted molar refractivity (Wildman–Crippen MR) is 69.8 cm³/mol. The molecule has 0 aliphatic heterocycles. The number of nitrogens with zero attached hydrogens (tertiary/aromatic N) is 1. The van der Waals surface area contributed by atoms with Gasteiger partial charge in [-0.25, -0.2) is 0 Å². The van der Waals surface area contributed by atoms with Crippen LogP contribution < -0.4 is 5.73 Å². The molecule has 1 aromatic carbocycles.